The predicted molar refractivity (Wildman–Crippen MR) is 51.1 cm³/mol. The van der Waals surface area contributed by atoms with E-state index in [-0.39, 0.29) is 6.10 Å². The normalized spacial score (nSPS) is 22.0. The Morgan fingerprint density at radius 3 is 2.33 bits per heavy atom. The number of β-amino-alcohol motifs (C(OH)–C–C–N with tert-alkyl or cyclic N) is 1. The molecule has 0 spiro atoms. The van der Waals surface area contributed by atoms with Crippen molar-refractivity contribution in [2.45, 2.75) is 39.2 Å². The summed E-state index contributed by atoms with van der Waals surface area (Å²) in [7, 11) is 0. The van der Waals surface area contributed by atoms with Crippen molar-refractivity contribution < 1.29 is 5.11 Å². The molecular formula is C10H21NO. The van der Waals surface area contributed by atoms with Crippen LogP contribution in [0.1, 0.15) is 33.1 Å². The van der Waals surface area contributed by atoms with E-state index in [1.54, 1.807) is 0 Å². The summed E-state index contributed by atoms with van der Waals surface area (Å²) < 4.78 is 0. The van der Waals surface area contributed by atoms with Gasteiger partial charge in [-0.3, -0.25) is 0 Å². The van der Waals surface area contributed by atoms with Crippen molar-refractivity contribution in [3.63, 3.8) is 0 Å². The third-order valence-electron chi connectivity index (χ3n) is 2.41. The molecule has 72 valence electrons. The minimum absolute atomic E-state index is 0.108. The minimum Gasteiger partial charge on any atom is -0.392 e. The fourth-order valence-electron chi connectivity index (χ4n) is 1.88. The van der Waals surface area contributed by atoms with Crippen molar-refractivity contribution in [2.75, 3.05) is 19.6 Å². The third-order valence-corrected chi connectivity index (χ3v) is 2.41. The Hall–Kier alpha value is -0.0800. The predicted octanol–water partition coefficient (Wildman–Crippen LogP) is 1.49. The van der Waals surface area contributed by atoms with Crippen LogP contribution in [-0.4, -0.2) is 35.7 Å². The molecular weight excluding hydrogens is 150 g/mol. The first kappa shape index (κ1) is 10.0. The molecule has 0 aromatic carbocycles. The molecule has 1 heterocycles. The number of likely N-dealkylation sites (tertiary alicyclic amines) is 1. The van der Waals surface area contributed by atoms with Crippen LogP contribution in [0.4, 0.5) is 0 Å². The van der Waals surface area contributed by atoms with E-state index in [4.69, 9.17) is 0 Å². The van der Waals surface area contributed by atoms with Gasteiger partial charge in [-0.1, -0.05) is 13.8 Å². The zero-order valence-corrected chi connectivity index (χ0v) is 8.29. The van der Waals surface area contributed by atoms with Gasteiger partial charge in [0.05, 0.1) is 6.10 Å². The molecule has 1 fully saturated rings. The number of nitrogens with zero attached hydrogens (tertiary/aromatic N) is 1. The molecule has 0 bridgehead atoms. The van der Waals surface area contributed by atoms with Crippen molar-refractivity contribution in [3.8, 4) is 0 Å². The molecule has 2 nitrogen and oxygen atoms in total. The van der Waals surface area contributed by atoms with Gasteiger partial charge in [0.15, 0.2) is 0 Å². The summed E-state index contributed by atoms with van der Waals surface area (Å²) >= 11 is 0. The molecule has 1 atom stereocenters. The maximum absolute atomic E-state index is 9.64. The number of hydrogen-bond donors (Lipinski definition) is 1. The second kappa shape index (κ2) is 4.83. The molecule has 0 unspecified atom stereocenters. The second-order valence-electron chi connectivity index (χ2n) is 4.29. The number of aliphatic hydroxyl groups excluding tert-OH is 1. The van der Waals surface area contributed by atoms with Crippen LogP contribution in [0.3, 0.4) is 0 Å². The maximum atomic E-state index is 9.64. The molecule has 1 rings (SSSR count). The molecule has 0 aromatic heterocycles. The van der Waals surface area contributed by atoms with Crippen LogP contribution >= 0.6 is 0 Å². The molecule has 0 saturated carbocycles. The minimum atomic E-state index is -0.108. The van der Waals surface area contributed by atoms with E-state index >= 15 is 0 Å². The van der Waals surface area contributed by atoms with Gasteiger partial charge in [0.2, 0.25) is 0 Å². The number of aliphatic hydroxyl groups is 1. The highest BCUT2D eigenvalue weighted by atomic mass is 16.3. The van der Waals surface area contributed by atoms with Gasteiger partial charge in [0.25, 0.3) is 0 Å². The van der Waals surface area contributed by atoms with E-state index in [1.807, 2.05) is 0 Å². The first-order valence-corrected chi connectivity index (χ1v) is 5.09. The van der Waals surface area contributed by atoms with E-state index in [2.05, 4.69) is 18.7 Å². The standard InChI is InChI=1S/C10H21NO/c1-9(2)7-10(12)8-11-5-3-4-6-11/h9-10,12H,3-8H2,1-2H3/t10-/m1/s1. The first-order valence-electron chi connectivity index (χ1n) is 5.09. The maximum Gasteiger partial charge on any atom is 0.0669 e. The molecule has 0 amide bonds. The smallest absolute Gasteiger partial charge is 0.0669 e. The van der Waals surface area contributed by atoms with Gasteiger partial charge in [-0.05, 0) is 38.3 Å². The summed E-state index contributed by atoms with van der Waals surface area (Å²) in [4.78, 5) is 2.37. The average Bonchev–Trinajstić information content (AvgIpc) is 2.37. The average molecular weight is 171 g/mol. The number of hydrogen-bond acceptors (Lipinski definition) is 2. The summed E-state index contributed by atoms with van der Waals surface area (Å²) in [5.41, 5.74) is 0. The lowest BCUT2D eigenvalue weighted by molar-refractivity contribution is 0.105. The van der Waals surface area contributed by atoms with Gasteiger partial charge in [0.1, 0.15) is 0 Å². The molecule has 0 aromatic rings. The van der Waals surface area contributed by atoms with E-state index < -0.39 is 0 Å². The van der Waals surface area contributed by atoms with Crippen LogP contribution in [0.25, 0.3) is 0 Å². The van der Waals surface area contributed by atoms with Crippen molar-refractivity contribution in [1.29, 1.82) is 0 Å². The monoisotopic (exact) mass is 171 g/mol. The summed E-state index contributed by atoms with van der Waals surface area (Å²) in [6.07, 6.45) is 3.46. The Morgan fingerprint density at radius 1 is 1.25 bits per heavy atom. The van der Waals surface area contributed by atoms with Crippen LogP contribution in [-0.2, 0) is 0 Å². The van der Waals surface area contributed by atoms with Crippen molar-refractivity contribution in [3.05, 3.63) is 0 Å². The Bertz CT molecular complexity index is 119. The molecule has 1 aliphatic rings. The van der Waals surface area contributed by atoms with Gasteiger partial charge >= 0.3 is 0 Å². The fraction of sp³-hybridized carbons (Fsp3) is 1.00. The van der Waals surface area contributed by atoms with Crippen molar-refractivity contribution >= 4 is 0 Å². The highest BCUT2D eigenvalue weighted by Crippen LogP contribution is 2.11. The van der Waals surface area contributed by atoms with Crippen LogP contribution in [0.2, 0.25) is 0 Å². The largest absolute Gasteiger partial charge is 0.392 e. The first-order chi connectivity index (χ1) is 5.68. The highest BCUT2D eigenvalue weighted by Gasteiger charge is 2.15. The molecule has 1 saturated heterocycles. The van der Waals surface area contributed by atoms with Gasteiger partial charge in [-0.2, -0.15) is 0 Å². The fourth-order valence-corrected chi connectivity index (χ4v) is 1.88. The Balaban J connectivity index is 2.11. The van der Waals surface area contributed by atoms with Gasteiger partial charge < -0.3 is 10.0 Å². The molecule has 0 aliphatic carbocycles. The van der Waals surface area contributed by atoms with E-state index in [0.717, 1.165) is 13.0 Å². The lowest BCUT2D eigenvalue weighted by Crippen LogP contribution is -2.30. The van der Waals surface area contributed by atoms with Crippen LogP contribution in [0, 0.1) is 5.92 Å². The summed E-state index contributed by atoms with van der Waals surface area (Å²) in [6, 6.07) is 0. The summed E-state index contributed by atoms with van der Waals surface area (Å²) in [5.74, 6) is 0.614. The molecule has 12 heavy (non-hydrogen) atoms. The van der Waals surface area contributed by atoms with E-state index in [9.17, 15) is 5.11 Å². The quantitative estimate of drug-likeness (QED) is 0.692. The molecule has 0 radical (unpaired) electrons. The van der Waals surface area contributed by atoms with Gasteiger partial charge in [0, 0.05) is 6.54 Å². The van der Waals surface area contributed by atoms with Crippen LogP contribution in [0.15, 0.2) is 0 Å². The molecule has 2 heteroatoms. The number of rotatable bonds is 4. The van der Waals surface area contributed by atoms with Crippen LogP contribution < -0.4 is 0 Å². The Labute approximate surface area is 75.6 Å². The van der Waals surface area contributed by atoms with Crippen molar-refractivity contribution in [2.24, 2.45) is 5.92 Å². The topological polar surface area (TPSA) is 23.5 Å². The highest BCUT2D eigenvalue weighted by molar-refractivity contribution is 4.70. The van der Waals surface area contributed by atoms with Crippen molar-refractivity contribution in [1.82, 2.24) is 4.90 Å². The lowest BCUT2D eigenvalue weighted by atomic mass is 10.1. The zero-order chi connectivity index (χ0) is 8.97. The molecule has 1 aliphatic heterocycles. The Morgan fingerprint density at radius 2 is 1.83 bits per heavy atom. The SMILES string of the molecule is CC(C)C[C@@H](O)CN1CCCC1. The van der Waals surface area contributed by atoms with E-state index in [1.165, 1.54) is 25.9 Å². The van der Waals surface area contributed by atoms with Crippen LogP contribution in [0.5, 0.6) is 0 Å². The molecule has 1 N–H and O–H groups in total. The summed E-state index contributed by atoms with van der Waals surface area (Å²) in [6.45, 7) is 7.59. The van der Waals surface area contributed by atoms with E-state index in [0.29, 0.717) is 5.92 Å². The van der Waals surface area contributed by atoms with Gasteiger partial charge in [-0.25, -0.2) is 0 Å². The second-order valence-corrected chi connectivity index (χ2v) is 4.29. The lowest BCUT2D eigenvalue weighted by Gasteiger charge is -2.20. The summed E-state index contributed by atoms with van der Waals surface area (Å²) in [5, 5.41) is 9.64. The zero-order valence-electron chi connectivity index (χ0n) is 8.29. The Kier molecular flexibility index (Phi) is 4.02. The van der Waals surface area contributed by atoms with Gasteiger partial charge in [-0.15, -0.1) is 0 Å². The third kappa shape index (κ3) is 3.55.